The molecule has 7 heteroatoms. The van der Waals surface area contributed by atoms with Crippen molar-refractivity contribution in [1.82, 2.24) is 9.78 Å². The molecule has 0 bridgehead atoms. The number of carbonyl (C=O) groups is 2. The molecule has 1 saturated carbocycles. The highest BCUT2D eigenvalue weighted by Gasteiger charge is 2.46. The Morgan fingerprint density at radius 2 is 1.60 bits per heavy atom. The molecule has 1 fully saturated rings. The second-order valence-electron chi connectivity index (χ2n) is 9.05. The lowest BCUT2D eigenvalue weighted by molar-refractivity contribution is -0.118. The third-order valence-corrected chi connectivity index (χ3v) is 7.14. The number of hydrogen-bond donors (Lipinski definition) is 1. The Kier molecular flexibility index (Phi) is 6.07. The van der Waals surface area contributed by atoms with Gasteiger partial charge in [0.1, 0.15) is 0 Å². The van der Waals surface area contributed by atoms with Gasteiger partial charge >= 0.3 is 5.97 Å². The molecule has 1 amide bonds. The van der Waals surface area contributed by atoms with Gasteiger partial charge < -0.3 is 10.0 Å². The van der Waals surface area contributed by atoms with Crippen molar-refractivity contribution in [1.29, 1.82) is 0 Å². The largest absolute Gasteiger partial charge is 0.478 e. The molecule has 0 spiro atoms. The first-order valence-corrected chi connectivity index (χ1v) is 12.2. The van der Waals surface area contributed by atoms with Crippen molar-refractivity contribution in [3.63, 3.8) is 0 Å². The zero-order valence-electron chi connectivity index (χ0n) is 19.4. The maximum atomic E-state index is 13.4. The molecule has 0 radical (unpaired) electrons. The highest BCUT2D eigenvalue weighted by atomic mass is 35.5. The van der Waals surface area contributed by atoms with Crippen LogP contribution < -0.4 is 4.90 Å². The lowest BCUT2D eigenvalue weighted by atomic mass is 9.76. The van der Waals surface area contributed by atoms with Crippen LogP contribution in [0.5, 0.6) is 0 Å². The summed E-state index contributed by atoms with van der Waals surface area (Å²) in [6.07, 6.45) is 4.58. The number of hydrogen-bond acceptors (Lipinski definition) is 3. The topological polar surface area (TPSA) is 75.4 Å². The molecule has 0 unspecified atom stereocenters. The van der Waals surface area contributed by atoms with E-state index in [1.807, 2.05) is 52.0 Å². The van der Waals surface area contributed by atoms with Crippen LogP contribution in [0.1, 0.15) is 55.1 Å². The molecule has 1 N–H and O–H groups in total. The fourth-order valence-corrected chi connectivity index (χ4v) is 5.56. The van der Waals surface area contributed by atoms with Gasteiger partial charge in [0.2, 0.25) is 5.91 Å². The number of nitrogens with zero attached hydrogens (tertiary/aromatic N) is 3. The maximum absolute atomic E-state index is 13.4. The number of carbonyl (C=O) groups excluding carboxylic acids is 1. The second-order valence-corrected chi connectivity index (χ2v) is 9.49. The number of anilines is 1. The van der Waals surface area contributed by atoms with Crippen LogP contribution in [0.25, 0.3) is 16.6 Å². The van der Waals surface area contributed by atoms with Gasteiger partial charge in [-0.25, -0.2) is 9.48 Å². The van der Waals surface area contributed by atoms with Crippen molar-refractivity contribution in [3.05, 3.63) is 89.1 Å². The molecule has 0 aliphatic heterocycles. The van der Waals surface area contributed by atoms with E-state index in [1.165, 1.54) is 0 Å². The van der Waals surface area contributed by atoms with Crippen molar-refractivity contribution in [2.45, 2.75) is 44.6 Å². The first-order valence-electron chi connectivity index (χ1n) is 11.8. The number of amides is 1. The number of carboxylic acids is 1. The summed E-state index contributed by atoms with van der Waals surface area (Å²) in [6.45, 7) is 1.58. The maximum Gasteiger partial charge on any atom is 0.335 e. The molecule has 4 aromatic rings. The Hall–Kier alpha value is -3.64. The van der Waals surface area contributed by atoms with Crippen LogP contribution in [0.3, 0.4) is 0 Å². The van der Waals surface area contributed by atoms with Crippen molar-refractivity contribution >= 4 is 40.1 Å². The average molecular weight is 488 g/mol. The molecule has 3 aromatic carbocycles. The third-order valence-electron chi connectivity index (χ3n) is 6.89. The van der Waals surface area contributed by atoms with Crippen molar-refractivity contribution in [2.75, 3.05) is 4.90 Å². The molecule has 178 valence electrons. The molecular weight excluding hydrogens is 462 g/mol. The van der Waals surface area contributed by atoms with Crippen LogP contribution in [0.2, 0.25) is 5.02 Å². The number of aromatic nitrogens is 2. The van der Waals surface area contributed by atoms with Crippen LogP contribution in [0, 0.1) is 0 Å². The van der Waals surface area contributed by atoms with Gasteiger partial charge in [0, 0.05) is 23.0 Å². The summed E-state index contributed by atoms with van der Waals surface area (Å²) in [6, 6.07) is 22.1. The quantitative estimate of drug-likeness (QED) is 0.344. The SMILES string of the molecule is CC(=O)N(c1ccc(C(=O)O)cc1)C1(c2c3ccccc3nn2-c2ccc(Cl)cc2)CCCCC1. The summed E-state index contributed by atoms with van der Waals surface area (Å²) in [5.41, 5.74) is 2.91. The van der Waals surface area contributed by atoms with Crippen molar-refractivity contribution in [3.8, 4) is 5.69 Å². The summed E-state index contributed by atoms with van der Waals surface area (Å²) >= 11 is 6.18. The second kappa shape index (κ2) is 9.19. The van der Waals surface area contributed by atoms with E-state index in [1.54, 1.807) is 31.2 Å². The Morgan fingerprint density at radius 1 is 0.943 bits per heavy atom. The summed E-state index contributed by atoms with van der Waals surface area (Å²) in [5, 5.41) is 16.0. The van der Waals surface area contributed by atoms with Crippen LogP contribution in [0.15, 0.2) is 72.8 Å². The summed E-state index contributed by atoms with van der Waals surface area (Å²) in [4.78, 5) is 26.6. The molecule has 0 saturated heterocycles. The van der Waals surface area contributed by atoms with Crippen molar-refractivity contribution in [2.24, 2.45) is 0 Å². The fourth-order valence-electron chi connectivity index (χ4n) is 5.44. The van der Waals surface area contributed by atoms with E-state index < -0.39 is 11.5 Å². The minimum atomic E-state index is -0.995. The summed E-state index contributed by atoms with van der Waals surface area (Å²) < 4.78 is 1.95. The van der Waals surface area contributed by atoms with Crippen molar-refractivity contribution < 1.29 is 14.7 Å². The van der Waals surface area contributed by atoms with Crippen LogP contribution in [0.4, 0.5) is 5.69 Å². The zero-order chi connectivity index (χ0) is 24.6. The third kappa shape index (κ3) is 4.08. The Labute approximate surface area is 208 Å². The first kappa shape index (κ1) is 23.1. The minimum Gasteiger partial charge on any atom is -0.478 e. The van der Waals surface area contributed by atoms with Gasteiger partial charge in [-0.2, -0.15) is 5.10 Å². The minimum absolute atomic E-state index is 0.0945. The van der Waals surface area contributed by atoms with Gasteiger partial charge in [-0.3, -0.25) is 4.79 Å². The van der Waals surface area contributed by atoms with E-state index in [-0.39, 0.29) is 11.5 Å². The van der Waals surface area contributed by atoms with Gasteiger partial charge in [0.15, 0.2) is 0 Å². The van der Waals surface area contributed by atoms with Gasteiger partial charge in [0.05, 0.1) is 28.0 Å². The smallest absolute Gasteiger partial charge is 0.335 e. The van der Waals surface area contributed by atoms with Crippen LogP contribution >= 0.6 is 11.6 Å². The number of benzene rings is 3. The number of halogens is 1. The predicted molar refractivity (Wildman–Crippen MR) is 137 cm³/mol. The molecular formula is C28H26ClN3O3. The highest BCUT2D eigenvalue weighted by Crippen LogP contribution is 2.47. The van der Waals surface area contributed by atoms with E-state index in [0.717, 1.165) is 54.4 Å². The zero-order valence-corrected chi connectivity index (χ0v) is 20.2. The van der Waals surface area contributed by atoms with Gasteiger partial charge in [-0.05, 0) is 67.4 Å². The number of fused-ring (bicyclic) bond motifs is 1. The Morgan fingerprint density at radius 3 is 2.23 bits per heavy atom. The predicted octanol–water partition coefficient (Wildman–Crippen LogP) is 6.59. The molecule has 0 atom stereocenters. The van der Waals surface area contributed by atoms with E-state index in [4.69, 9.17) is 16.7 Å². The lowest BCUT2D eigenvalue weighted by Gasteiger charge is -2.46. The highest BCUT2D eigenvalue weighted by molar-refractivity contribution is 6.30. The van der Waals surface area contributed by atoms with E-state index >= 15 is 0 Å². The summed E-state index contributed by atoms with van der Waals surface area (Å²) in [5.74, 6) is -1.09. The standard InChI is InChI=1S/C28H26ClN3O3/c1-19(33)31(22-13-9-20(10-14-22)27(34)35)28(17-5-2-6-18-28)26-24-7-3-4-8-25(24)30-32(26)23-15-11-21(29)12-16-23/h3-4,7-16H,2,5-6,17-18H2,1H3,(H,34,35). The normalized spacial score (nSPS) is 15.1. The first-order chi connectivity index (χ1) is 16.9. The Bertz CT molecular complexity index is 1390. The van der Waals surface area contributed by atoms with Crippen LogP contribution in [-0.4, -0.2) is 26.8 Å². The van der Waals surface area contributed by atoms with E-state index in [2.05, 4.69) is 6.07 Å². The van der Waals surface area contributed by atoms with Gasteiger partial charge in [-0.1, -0.05) is 49.1 Å². The Balaban J connectivity index is 1.78. The molecule has 1 aliphatic rings. The monoisotopic (exact) mass is 487 g/mol. The van der Waals surface area contributed by atoms with Crippen LogP contribution in [-0.2, 0) is 10.3 Å². The number of rotatable bonds is 5. The fraction of sp³-hybridized carbons (Fsp3) is 0.250. The molecule has 1 aromatic heterocycles. The lowest BCUT2D eigenvalue weighted by Crippen LogP contribution is -2.51. The van der Waals surface area contributed by atoms with E-state index in [0.29, 0.717) is 10.7 Å². The number of aromatic carboxylic acids is 1. The number of carboxylic acid groups (broad SMARTS) is 1. The molecule has 1 aliphatic carbocycles. The van der Waals surface area contributed by atoms with Gasteiger partial charge in [0.25, 0.3) is 0 Å². The molecule has 35 heavy (non-hydrogen) atoms. The summed E-state index contributed by atoms with van der Waals surface area (Å²) in [7, 11) is 0. The molecule has 1 heterocycles. The molecule has 5 rings (SSSR count). The molecule has 6 nitrogen and oxygen atoms in total. The van der Waals surface area contributed by atoms with Gasteiger partial charge in [-0.15, -0.1) is 0 Å². The van der Waals surface area contributed by atoms with E-state index in [9.17, 15) is 14.7 Å². The average Bonchev–Trinajstić information content (AvgIpc) is 3.25.